The number of hydrogen-bond donors (Lipinski definition) is 0. The molecule has 0 spiro atoms. The van der Waals surface area contributed by atoms with Gasteiger partial charge in [0.25, 0.3) is 0 Å². The van der Waals surface area contributed by atoms with Crippen molar-refractivity contribution in [2.75, 3.05) is 6.54 Å². The molecule has 0 amide bonds. The smallest absolute Gasteiger partial charge is 0.207 e. The largest absolute Gasteiger partial charge is 0.243 e. The zero-order valence-corrected chi connectivity index (χ0v) is 10.6. The Morgan fingerprint density at radius 1 is 1.06 bits per heavy atom. The third kappa shape index (κ3) is 2.38. The van der Waals surface area contributed by atoms with Crippen LogP contribution in [0.15, 0.2) is 35.2 Å². The number of hydrogen-bond acceptors (Lipinski definition) is 2. The van der Waals surface area contributed by atoms with Crippen LogP contribution in [-0.4, -0.2) is 25.3 Å². The molecule has 17 heavy (non-hydrogen) atoms. The SMILES string of the molecule is O=S(=O)(c1ccccc1)N(CC1CC1)C1CC1. The molecular formula is C13H17NO2S. The summed E-state index contributed by atoms with van der Waals surface area (Å²) in [5.74, 6) is 0.606. The van der Waals surface area contributed by atoms with Crippen LogP contribution in [0.3, 0.4) is 0 Å². The van der Waals surface area contributed by atoms with Crippen LogP contribution in [0.25, 0.3) is 0 Å². The van der Waals surface area contributed by atoms with Crippen molar-refractivity contribution in [2.45, 2.75) is 36.6 Å². The zero-order chi connectivity index (χ0) is 11.9. The predicted octanol–water partition coefficient (Wildman–Crippen LogP) is 2.25. The molecule has 3 rings (SSSR count). The van der Waals surface area contributed by atoms with Gasteiger partial charge in [0.05, 0.1) is 4.90 Å². The van der Waals surface area contributed by atoms with Gasteiger partial charge < -0.3 is 0 Å². The highest BCUT2D eigenvalue weighted by molar-refractivity contribution is 7.89. The van der Waals surface area contributed by atoms with E-state index in [0.29, 0.717) is 10.8 Å². The van der Waals surface area contributed by atoms with Crippen LogP contribution in [0, 0.1) is 5.92 Å². The monoisotopic (exact) mass is 251 g/mol. The van der Waals surface area contributed by atoms with Gasteiger partial charge in [0.15, 0.2) is 0 Å². The predicted molar refractivity (Wildman–Crippen MR) is 66.1 cm³/mol. The van der Waals surface area contributed by atoms with Crippen molar-refractivity contribution >= 4 is 10.0 Å². The topological polar surface area (TPSA) is 37.4 Å². The summed E-state index contributed by atoms with van der Waals surface area (Å²) in [6.45, 7) is 0.724. The van der Waals surface area contributed by atoms with Crippen LogP contribution in [0.5, 0.6) is 0 Å². The van der Waals surface area contributed by atoms with E-state index in [2.05, 4.69) is 0 Å². The van der Waals surface area contributed by atoms with Gasteiger partial charge >= 0.3 is 0 Å². The zero-order valence-electron chi connectivity index (χ0n) is 9.75. The number of nitrogens with zero attached hydrogens (tertiary/aromatic N) is 1. The fourth-order valence-electron chi connectivity index (χ4n) is 2.09. The summed E-state index contributed by atoms with van der Waals surface area (Å²) >= 11 is 0. The van der Waals surface area contributed by atoms with Gasteiger partial charge in [0.1, 0.15) is 0 Å². The molecular weight excluding hydrogens is 234 g/mol. The Bertz CT molecular complexity index is 489. The summed E-state index contributed by atoms with van der Waals surface area (Å²) in [7, 11) is -3.26. The van der Waals surface area contributed by atoms with E-state index in [4.69, 9.17) is 0 Å². The Balaban J connectivity index is 1.88. The van der Waals surface area contributed by atoms with Crippen molar-refractivity contribution in [1.29, 1.82) is 0 Å². The fraction of sp³-hybridized carbons (Fsp3) is 0.538. The van der Waals surface area contributed by atoms with Crippen LogP contribution in [-0.2, 0) is 10.0 Å². The van der Waals surface area contributed by atoms with Gasteiger partial charge in [-0.2, -0.15) is 4.31 Å². The van der Waals surface area contributed by atoms with Gasteiger partial charge in [-0.3, -0.25) is 0 Å². The minimum atomic E-state index is -3.26. The minimum absolute atomic E-state index is 0.265. The summed E-state index contributed by atoms with van der Waals surface area (Å²) < 4.78 is 26.7. The quantitative estimate of drug-likeness (QED) is 0.805. The van der Waals surface area contributed by atoms with Crippen LogP contribution in [0.4, 0.5) is 0 Å². The van der Waals surface area contributed by atoms with Crippen LogP contribution < -0.4 is 0 Å². The van der Waals surface area contributed by atoms with E-state index < -0.39 is 10.0 Å². The minimum Gasteiger partial charge on any atom is -0.207 e. The first-order valence-electron chi connectivity index (χ1n) is 6.25. The average molecular weight is 251 g/mol. The number of benzene rings is 1. The van der Waals surface area contributed by atoms with Gasteiger partial charge in [-0.15, -0.1) is 0 Å². The van der Waals surface area contributed by atoms with Crippen molar-refractivity contribution < 1.29 is 8.42 Å². The van der Waals surface area contributed by atoms with E-state index in [-0.39, 0.29) is 6.04 Å². The maximum Gasteiger partial charge on any atom is 0.243 e. The van der Waals surface area contributed by atoms with Crippen molar-refractivity contribution in [3.05, 3.63) is 30.3 Å². The van der Waals surface area contributed by atoms with Crippen molar-refractivity contribution in [3.63, 3.8) is 0 Å². The van der Waals surface area contributed by atoms with Gasteiger partial charge in [0.2, 0.25) is 10.0 Å². The van der Waals surface area contributed by atoms with Gasteiger partial charge in [-0.05, 0) is 43.7 Å². The maximum absolute atomic E-state index is 12.5. The van der Waals surface area contributed by atoms with Gasteiger partial charge in [-0.25, -0.2) is 8.42 Å². The molecule has 2 saturated carbocycles. The van der Waals surface area contributed by atoms with Crippen molar-refractivity contribution in [1.82, 2.24) is 4.31 Å². The lowest BCUT2D eigenvalue weighted by Crippen LogP contribution is -2.34. The number of sulfonamides is 1. The molecule has 0 N–H and O–H groups in total. The molecule has 0 aromatic heterocycles. The maximum atomic E-state index is 12.5. The molecule has 1 aromatic carbocycles. The van der Waals surface area contributed by atoms with Crippen molar-refractivity contribution in [3.8, 4) is 0 Å². The van der Waals surface area contributed by atoms with Crippen LogP contribution in [0.2, 0.25) is 0 Å². The van der Waals surface area contributed by atoms with E-state index in [1.807, 2.05) is 6.07 Å². The summed E-state index contributed by atoms with van der Waals surface area (Å²) in [6, 6.07) is 9.07. The molecule has 0 saturated heterocycles. The second kappa shape index (κ2) is 4.10. The Labute approximate surface area is 102 Å². The molecule has 0 atom stereocenters. The van der Waals surface area contributed by atoms with E-state index >= 15 is 0 Å². The molecule has 1 aromatic rings. The van der Waals surface area contributed by atoms with Crippen LogP contribution >= 0.6 is 0 Å². The number of rotatable bonds is 5. The first kappa shape index (κ1) is 11.2. The normalized spacial score (nSPS) is 20.8. The van der Waals surface area contributed by atoms with Gasteiger partial charge in [0, 0.05) is 12.6 Å². The summed E-state index contributed by atoms with van der Waals surface area (Å²) in [5.41, 5.74) is 0. The summed E-state index contributed by atoms with van der Waals surface area (Å²) in [4.78, 5) is 0.438. The molecule has 3 nitrogen and oxygen atoms in total. The Hall–Kier alpha value is -0.870. The first-order valence-corrected chi connectivity index (χ1v) is 7.69. The Morgan fingerprint density at radius 2 is 1.71 bits per heavy atom. The lowest BCUT2D eigenvalue weighted by atomic mass is 10.4. The highest BCUT2D eigenvalue weighted by Gasteiger charge is 2.40. The molecule has 0 unspecified atom stereocenters. The second-order valence-electron chi connectivity index (χ2n) is 5.06. The van der Waals surface area contributed by atoms with Gasteiger partial charge in [-0.1, -0.05) is 18.2 Å². The van der Waals surface area contributed by atoms with E-state index in [1.165, 1.54) is 12.8 Å². The molecule has 0 radical (unpaired) electrons. The van der Waals surface area contributed by atoms with E-state index in [0.717, 1.165) is 19.4 Å². The molecule has 0 bridgehead atoms. The lowest BCUT2D eigenvalue weighted by molar-refractivity contribution is 0.389. The molecule has 2 aliphatic carbocycles. The molecule has 92 valence electrons. The Morgan fingerprint density at radius 3 is 2.24 bits per heavy atom. The fourth-order valence-corrected chi connectivity index (χ4v) is 3.87. The third-order valence-electron chi connectivity index (χ3n) is 3.44. The molecule has 2 aliphatic rings. The Kier molecular flexibility index (Phi) is 2.71. The van der Waals surface area contributed by atoms with E-state index in [1.54, 1.807) is 28.6 Å². The highest BCUT2D eigenvalue weighted by Crippen LogP contribution is 2.37. The lowest BCUT2D eigenvalue weighted by Gasteiger charge is -2.21. The van der Waals surface area contributed by atoms with Crippen molar-refractivity contribution in [2.24, 2.45) is 5.92 Å². The third-order valence-corrected chi connectivity index (χ3v) is 5.37. The average Bonchev–Trinajstić information content (AvgIpc) is 3.19. The molecule has 0 heterocycles. The standard InChI is InChI=1S/C13H17NO2S/c15-17(16,13-4-2-1-3-5-13)14(12-8-9-12)10-11-6-7-11/h1-5,11-12H,6-10H2. The molecule has 4 heteroatoms. The van der Waals surface area contributed by atoms with E-state index in [9.17, 15) is 8.42 Å². The molecule has 2 fully saturated rings. The first-order chi connectivity index (χ1) is 8.18. The molecule has 0 aliphatic heterocycles. The summed E-state index contributed by atoms with van der Waals surface area (Å²) in [6.07, 6.45) is 4.43. The van der Waals surface area contributed by atoms with Crippen LogP contribution in [0.1, 0.15) is 25.7 Å². The summed E-state index contributed by atoms with van der Waals surface area (Å²) in [5, 5.41) is 0. The highest BCUT2D eigenvalue weighted by atomic mass is 32.2. The second-order valence-corrected chi connectivity index (χ2v) is 6.95.